The standard InChI is InChI=1S/C34H69NO2/c1-4-7-9-11-13-15-17-19-21-23-25-27-29-31-35(33(6-3)34(36)37)32-30-28-26-24-22-20-18-16-14-12-10-8-5-2/h33H,4-32H2,1-3H3,(H,36,37). The van der Waals surface area contributed by atoms with Gasteiger partial charge < -0.3 is 5.11 Å². The summed E-state index contributed by atoms with van der Waals surface area (Å²) < 4.78 is 0. The lowest BCUT2D eigenvalue weighted by Crippen LogP contribution is -2.42. The highest BCUT2D eigenvalue weighted by atomic mass is 16.4. The fourth-order valence-corrected chi connectivity index (χ4v) is 5.68. The molecule has 0 spiro atoms. The quantitative estimate of drug-likeness (QED) is 0.0918. The fourth-order valence-electron chi connectivity index (χ4n) is 5.68. The second-order valence-electron chi connectivity index (χ2n) is 11.8. The Morgan fingerprint density at radius 2 is 0.703 bits per heavy atom. The molecule has 0 heterocycles. The molecule has 0 saturated heterocycles. The molecule has 1 atom stereocenters. The van der Waals surface area contributed by atoms with Crippen LogP contribution in [0.1, 0.15) is 194 Å². The van der Waals surface area contributed by atoms with Gasteiger partial charge in [-0.3, -0.25) is 9.69 Å². The number of hydrogen-bond acceptors (Lipinski definition) is 2. The van der Waals surface area contributed by atoms with Crippen LogP contribution in [0.15, 0.2) is 0 Å². The molecule has 0 aromatic carbocycles. The number of carboxylic acids is 1. The molecule has 0 saturated carbocycles. The maximum Gasteiger partial charge on any atom is 0.320 e. The average Bonchev–Trinajstić information content (AvgIpc) is 2.89. The monoisotopic (exact) mass is 524 g/mol. The number of carboxylic acid groups (broad SMARTS) is 1. The number of rotatable bonds is 31. The van der Waals surface area contributed by atoms with E-state index in [1.807, 2.05) is 6.92 Å². The summed E-state index contributed by atoms with van der Waals surface area (Å²) in [7, 11) is 0. The molecule has 0 rings (SSSR count). The Morgan fingerprint density at radius 1 is 0.459 bits per heavy atom. The van der Waals surface area contributed by atoms with Gasteiger partial charge in [0.2, 0.25) is 0 Å². The lowest BCUT2D eigenvalue weighted by atomic mass is 10.0. The van der Waals surface area contributed by atoms with Crippen molar-refractivity contribution >= 4 is 5.97 Å². The summed E-state index contributed by atoms with van der Waals surface area (Å²) in [6.07, 6.45) is 36.1. The number of hydrogen-bond donors (Lipinski definition) is 1. The molecular formula is C34H69NO2. The Hall–Kier alpha value is -0.570. The highest BCUT2D eigenvalue weighted by Gasteiger charge is 2.22. The first-order valence-corrected chi connectivity index (χ1v) is 17.1. The van der Waals surface area contributed by atoms with Gasteiger partial charge in [-0.1, -0.05) is 175 Å². The molecule has 0 bridgehead atoms. The molecule has 1 N–H and O–H groups in total. The minimum atomic E-state index is -0.633. The Labute approximate surface area is 233 Å². The van der Waals surface area contributed by atoms with E-state index >= 15 is 0 Å². The second kappa shape index (κ2) is 30.0. The molecule has 222 valence electrons. The zero-order chi connectivity index (χ0) is 27.2. The van der Waals surface area contributed by atoms with Gasteiger partial charge in [0, 0.05) is 0 Å². The van der Waals surface area contributed by atoms with Crippen molar-refractivity contribution in [2.24, 2.45) is 0 Å². The zero-order valence-electron chi connectivity index (χ0n) is 25.9. The number of carbonyl (C=O) groups is 1. The van der Waals surface area contributed by atoms with Crippen molar-refractivity contribution in [3.8, 4) is 0 Å². The Bertz CT molecular complexity index is 423. The first-order valence-electron chi connectivity index (χ1n) is 17.1. The van der Waals surface area contributed by atoms with Crippen molar-refractivity contribution in [3.05, 3.63) is 0 Å². The molecule has 0 radical (unpaired) electrons. The fraction of sp³-hybridized carbons (Fsp3) is 0.971. The van der Waals surface area contributed by atoms with E-state index in [0.717, 1.165) is 25.9 Å². The van der Waals surface area contributed by atoms with Crippen molar-refractivity contribution < 1.29 is 9.90 Å². The lowest BCUT2D eigenvalue weighted by Gasteiger charge is -2.28. The van der Waals surface area contributed by atoms with E-state index in [4.69, 9.17) is 0 Å². The minimum absolute atomic E-state index is 0.297. The third-order valence-electron chi connectivity index (χ3n) is 8.21. The molecule has 0 aliphatic rings. The summed E-state index contributed by atoms with van der Waals surface area (Å²) in [6, 6.07) is -0.297. The summed E-state index contributed by atoms with van der Waals surface area (Å²) in [6.45, 7) is 8.51. The van der Waals surface area contributed by atoms with Crippen molar-refractivity contribution in [2.75, 3.05) is 13.1 Å². The van der Waals surface area contributed by atoms with Gasteiger partial charge in [-0.15, -0.1) is 0 Å². The maximum absolute atomic E-state index is 11.8. The molecule has 37 heavy (non-hydrogen) atoms. The number of aliphatic carboxylic acids is 1. The van der Waals surface area contributed by atoms with E-state index in [1.54, 1.807) is 0 Å². The maximum atomic E-state index is 11.8. The topological polar surface area (TPSA) is 40.5 Å². The van der Waals surface area contributed by atoms with E-state index in [9.17, 15) is 9.90 Å². The second-order valence-corrected chi connectivity index (χ2v) is 11.8. The lowest BCUT2D eigenvalue weighted by molar-refractivity contribution is -0.143. The van der Waals surface area contributed by atoms with Crippen molar-refractivity contribution in [1.82, 2.24) is 4.90 Å². The van der Waals surface area contributed by atoms with Gasteiger partial charge in [0.15, 0.2) is 0 Å². The van der Waals surface area contributed by atoms with Crippen LogP contribution in [0.4, 0.5) is 0 Å². The predicted molar refractivity (Wildman–Crippen MR) is 165 cm³/mol. The number of unbranched alkanes of at least 4 members (excludes halogenated alkanes) is 24. The van der Waals surface area contributed by atoms with Crippen molar-refractivity contribution in [2.45, 2.75) is 200 Å². The van der Waals surface area contributed by atoms with E-state index in [-0.39, 0.29) is 6.04 Å². The van der Waals surface area contributed by atoms with E-state index < -0.39 is 5.97 Å². The Kier molecular flexibility index (Phi) is 29.5. The largest absolute Gasteiger partial charge is 0.480 e. The van der Waals surface area contributed by atoms with E-state index in [1.165, 1.54) is 154 Å². The summed E-state index contributed by atoms with van der Waals surface area (Å²) in [5.74, 6) is -0.633. The van der Waals surface area contributed by atoms with Crippen LogP contribution >= 0.6 is 0 Å². The van der Waals surface area contributed by atoms with E-state index in [0.29, 0.717) is 6.42 Å². The summed E-state index contributed by atoms with van der Waals surface area (Å²) >= 11 is 0. The van der Waals surface area contributed by atoms with Crippen LogP contribution in [0, 0.1) is 0 Å². The molecular weight excluding hydrogens is 454 g/mol. The van der Waals surface area contributed by atoms with Crippen LogP contribution in [0.3, 0.4) is 0 Å². The van der Waals surface area contributed by atoms with Crippen LogP contribution in [0.2, 0.25) is 0 Å². The van der Waals surface area contributed by atoms with Gasteiger partial charge in [-0.05, 0) is 32.4 Å². The molecule has 1 unspecified atom stereocenters. The summed E-state index contributed by atoms with van der Waals surface area (Å²) in [4.78, 5) is 14.1. The van der Waals surface area contributed by atoms with Crippen LogP contribution in [0.25, 0.3) is 0 Å². The zero-order valence-corrected chi connectivity index (χ0v) is 25.9. The first kappa shape index (κ1) is 36.4. The van der Waals surface area contributed by atoms with Gasteiger partial charge in [0.25, 0.3) is 0 Å². The molecule has 3 nitrogen and oxygen atoms in total. The highest BCUT2D eigenvalue weighted by molar-refractivity contribution is 5.73. The Morgan fingerprint density at radius 3 is 0.919 bits per heavy atom. The minimum Gasteiger partial charge on any atom is -0.480 e. The van der Waals surface area contributed by atoms with Gasteiger partial charge in [0.1, 0.15) is 6.04 Å². The molecule has 0 aromatic heterocycles. The highest BCUT2D eigenvalue weighted by Crippen LogP contribution is 2.16. The number of nitrogens with zero attached hydrogens (tertiary/aromatic N) is 1. The first-order chi connectivity index (χ1) is 18.2. The van der Waals surface area contributed by atoms with Crippen molar-refractivity contribution in [3.63, 3.8) is 0 Å². The molecule has 0 aliphatic heterocycles. The molecule has 3 heteroatoms. The van der Waals surface area contributed by atoms with Crippen LogP contribution in [-0.4, -0.2) is 35.1 Å². The van der Waals surface area contributed by atoms with Gasteiger partial charge in [-0.2, -0.15) is 0 Å². The van der Waals surface area contributed by atoms with E-state index in [2.05, 4.69) is 18.7 Å². The van der Waals surface area contributed by atoms with Crippen LogP contribution in [-0.2, 0) is 4.79 Å². The Balaban J connectivity index is 3.78. The SMILES string of the molecule is CCCCCCCCCCCCCCCN(CCCCCCCCCCCCCCC)C(CC)C(=O)O. The van der Waals surface area contributed by atoms with Gasteiger partial charge >= 0.3 is 5.97 Å². The van der Waals surface area contributed by atoms with Gasteiger partial charge in [0.05, 0.1) is 0 Å². The van der Waals surface area contributed by atoms with Gasteiger partial charge in [-0.25, -0.2) is 0 Å². The van der Waals surface area contributed by atoms with Crippen molar-refractivity contribution in [1.29, 1.82) is 0 Å². The molecule has 0 amide bonds. The van der Waals surface area contributed by atoms with Crippen LogP contribution in [0.5, 0.6) is 0 Å². The smallest absolute Gasteiger partial charge is 0.320 e. The molecule has 0 aromatic rings. The summed E-state index contributed by atoms with van der Waals surface area (Å²) in [5.41, 5.74) is 0. The normalized spacial score (nSPS) is 12.4. The summed E-state index contributed by atoms with van der Waals surface area (Å²) in [5, 5.41) is 9.71. The third kappa shape index (κ3) is 25.5. The average molecular weight is 524 g/mol. The predicted octanol–water partition coefficient (Wildman–Crippen LogP) is 11.3. The third-order valence-corrected chi connectivity index (χ3v) is 8.21. The van der Waals surface area contributed by atoms with Crippen LogP contribution < -0.4 is 0 Å². The molecule has 0 aliphatic carbocycles. The molecule has 0 fully saturated rings.